The van der Waals surface area contributed by atoms with Crippen LogP contribution in [0.4, 0.5) is 17.1 Å². The number of furan rings is 1. The number of aromatic nitrogens is 1. The topological polar surface area (TPSA) is 21.3 Å². The quantitative estimate of drug-likeness (QED) is 0.144. The van der Waals surface area contributed by atoms with Crippen molar-refractivity contribution < 1.29 is 4.42 Å². The van der Waals surface area contributed by atoms with E-state index >= 15 is 0 Å². The van der Waals surface area contributed by atoms with E-state index in [2.05, 4.69) is 264 Å². The average molecular weight is 881 g/mol. The predicted molar refractivity (Wildman–Crippen MR) is 290 cm³/mol. The molecular weight excluding hydrogens is 837 g/mol. The van der Waals surface area contributed by atoms with Gasteiger partial charge in [-0.1, -0.05) is 164 Å². The summed E-state index contributed by atoms with van der Waals surface area (Å²) < 4.78 is 8.83. The molecule has 0 bridgehead atoms. The van der Waals surface area contributed by atoms with Crippen molar-refractivity contribution in [2.45, 2.75) is 0 Å². The van der Waals surface area contributed by atoms with E-state index in [0.29, 0.717) is 0 Å². The molecule has 0 amide bonds. The van der Waals surface area contributed by atoms with Gasteiger partial charge in [0.2, 0.25) is 0 Å². The molecule has 0 radical (unpaired) electrons. The van der Waals surface area contributed by atoms with Crippen molar-refractivity contribution in [2.24, 2.45) is 0 Å². The summed E-state index contributed by atoms with van der Waals surface area (Å²) in [5.41, 5.74) is 20.1. The number of hydrogen-bond donors (Lipinski definition) is 0. The van der Waals surface area contributed by atoms with Crippen molar-refractivity contribution >= 4 is 60.8 Å². The SMILES string of the molecule is c1ccc(-c2ccc(N(c3ccccc3)c3cccc(-c4cccc(-c5cc(-c6ccc7c(c6)oc6ccccc67)cc(-c6ccc7c8ccccc8n(-c8ccccc8)c7c6)c5)c4)c3)cc2)cc1. The van der Waals surface area contributed by atoms with Crippen molar-refractivity contribution in [1.29, 1.82) is 0 Å². The highest BCUT2D eigenvalue weighted by atomic mass is 16.3. The fourth-order valence-corrected chi connectivity index (χ4v) is 10.2. The molecule has 0 saturated carbocycles. The summed E-state index contributed by atoms with van der Waals surface area (Å²) in [6.07, 6.45) is 0. The molecule has 0 spiro atoms. The van der Waals surface area contributed by atoms with E-state index in [1.807, 2.05) is 12.1 Å². The summed E-state index contributed by atoms with van der Waals surface area (Å²) in [4.78, 5) is 2.34. The fourth-order valence-electron chi connectivity index (χ4n) is 10.2. The molecule has 13 aromatic rings. The minimum absolute atomic E-state index is 0.882. The first-order valence-electron chi connectivity index (χ1n) is 23.6. The van der Waals surface area contributed by atoms with Crippen LogP contribution in [-0.2, 0) is 0 Å². The van der Waals surface area contributed by atoms with Gasteiger partial charge in [0.15, 0.2) is 0 Å². The number of nitrogens with zero attached hydrogens (tertiary/aromatic N) is 2. The number of hydrogen-bond acceptors (Lipinski definition) is 2. The first-order valence-corrected chi connectivity index (χ1v) is 23.6. The Labute approximate surface area is 401 Å². The zero-order chi connectivity index (χ0) is 45.7. The predicted octanol–water partition coefficient (Wildman–Crippen LogP) is 18.5. The van der Waals surface area contributed by atoms with Gasteiger partial charge < -0.3 is 13.9 Å². The Hall–Kier alpha value is -9.18. The van der Waals surface area contributed by atoms with Crippen molar-refractivity contribution in [1.82, 2.24) is 4.57 Å². The Morgan fingerprint density at radius 1 is 0.246 bits per heavy atom. The van der Waals surface area contributed by atoms with E-state index < -0.39 is 0 Å². The van der Waals surface area contributed by atoms with Crippen LogP contribution in [0.5, 0.6) is 0 Å². The Bertz CT molecular complexity index is 4000. The van der Waals surface area contributed by atoms with E-state index in [1.165, 1.54) is 32.9 Å². The number of fused-ring (bicyclic) bond motifs is 6. The molecule has 2 heterocycles. The monoisotopic (exact) mass is 880 g/mol. The third-order valence-corrected chi connectivity index (χ3v) is 13.5. The molecule has 324 valence electrons. The lowest BCUT2D eigenvalue weighted by atomic mass is 9.91. The van der Waals surface area contributed by atoms with Crippen molar-refractivity contribution in [3.63, 3.8) is 0 Å². The Morgan fingerprint density at radius 3 is 1.43 bits per heavy atom. The molecule has 0 aliphatic carbocycles. The van der Waals surface area contributed by atoms with Crippen molar-refractivity contribution in [3.8, 4) is 61.3 Å². The summed E-state index contributed by atoms with van der Waals surface area (Å²) >= 11 is 0. The number of rotatable bonds is 9. The van der Waals surface area contributed by atoms with Gasteiger partial charge in [0.25, 0.3) is 0 Å². The van der Waals surface area contributed by atoms with Crippen LogP contribution in [0.15, 0.2) is 271 Å². The molecule has 0 unspecified atom stereocenters. The van der Waals surface area contributed by atoms with Crippen LogP contribution in [0.2, 0.25) is 0 Å². The van der Waals surface area contributed by atoms with Gasteiger partial charge >= 0.3 is 0 Å². The maximum Gasteiger partial charge on any atom is 0.136 e. The molecule has 3 nitrogen and oxygen atoms in total. The Balaban J connectivity index is 0.936. The van der Waals surface area contributed by atoms with E-state index in [4.69, 9.17) is 4.42 Å². The lowest BCUT2D eigenvalue weighted by Crippen LogP contribution is -2.09. The number of benzene rings is 11. The number of para-hydroxylation sites is 4. The van der Waals surface area contributed by atoms with Crippen molar-refractivity contribution in [3.05, 3.63) is 267 Å². The first-order chi connectivity index (χ1) is 34.2. The molecule has 13 rings (SSSR count). The molecule has 0 atom stereocenters. The first kappa shape index (κ1) is 40.1. The van der Waals surface area contributed by atoms with Gasteiger partial charge in [-0.15, -0.1) is 0 Å². The average Bonchev–Trinajstić information content (AvgIpc) is 3.97. The van der Waals surface area contributed by atoms with E-state index in [-0.39, 0.29) is 0 Å². The summed E-state index contributed by atoms with van der Waals surface area (Å²) in [6, 6.07) is 96.2. The van der Waals surface area contributed by atoms with Crippen LogP contribution < -0.4 is 4.90 Å². The Morgan fingerprint density at radius 2 is 0.696 bits per heavy atom. The third kappa shape index (κ3) is 7.34. The highest BCUT2D eigenvalue weighted by molar-refractivity contribution is 6.10. The van der Waals surface area contributed by atoms with Crippen LogP contribution in [-0.4, -0.2) is 4.57 Å². The van der Waals surface area contributed by atoms with Crippen LogP contribution >= 0.6 is 0 Å². The molecule has 0 fully saturated rings. The smallest absolute Gasteiger partial charge is 0.136 e. The summed E-state index contributed by atoms with van der Waals surface area (Å²) in [7, 11) is 0. The van der Waals surface area contributed by atoms with E-state index in [0.717, 1.165) is 89.2 Å². The van der Waals surface area contributed by atoms with Gasteiger partial charge in [0, 0.05) is 44.3 Å². The van der Waals surface area contributed by atoms with Crippen molar-refractivity contribution in [2.75, 3.05) is 4.90 Å². The van der Waals surface area contributed by atoms with E-state index in [1.54, 1.807) is 0 Å². The van der Waals surface area contributed by atoms with Crippen LogP contribution in [0.25, 0.3) is 105 Å². The maximum atomic E-state index is 6.44. The maximum absolute atomic E-state index is 6.44. The molecule has 2 aromatic heterocycles. The van der Waals surface area contributed by atoms with Gasteiger partial charge in [-0.2, -0.15) is 0 Å². The highest BCUT2D eigenvalue weighted by Gasteiger charge is 2.17. The molecule has 0 saturated heterocycles. The Kier molecular flexibility index (Phi) is 9.84. The second kappa shape index (κ2) is 16.9. The molecule has 0 aliphatic rings. The third-order valence-electron chi connectivity index (χ3n) is 13.5. The minimum Gasteiger partial charge on any atom is -0.456 e. The van der Waals surface area contributed by atoms with Gasteiger partial charge in [0.1, 0.15) is 11.2 Å². The molecule has 3 heteroatoms. The number of anilines is 3. The summed E-state index contributed by atoms with van der Waals surface area (Å²) in [5.74, 6) is 0. The second-order valence-electron chi connectivity index (χ2n) is 17.7. The largest absolute Gasteiger partial charge is 0.456 e. The summed E-state index contributed by atoms with van der Waals surface area (Å²) in [5, 5.41) is 4.72. The van der Waals surface area contributed by atoms with Gasteiger partial charge in [-0.3, -0.25) is 0 Å². The standard InChI is InChI=1S/C66H44N2O/c1-4-16-45(17-5-1)46-30-34-57(35-31-46)67(55-21-6-2-7-22-55)58-25-15-20-49(42-58)47-18-14-19-48(38-47)52-39-53(41-54(40-52)51-33-37-62-61-27-11-13-29-65(61)69-66(62)44-51)50-32-36-60-59-26-10-12-28-63(59)68(64(60)43-50)56-23-8-3-9-24-56/h1-44H. The summed E-state index contributed by atoms with van der Waals surface area (Å²) in [6.45, 7) is 0. The molecular formula is C66H44N2O. The molecule has 11 aromatic carbocycles. The zero-order valence-electron chi connectivity index (χ0n) is 37.7. The van der Waals surface area contributed by atoms with Gasteiger partial charge in [0.05, 0.1) is 11.0 Å². The normalized spacial score (nSPS) is 11.5. The van der Waals surface area contributed by atoms with Crippen LogP contribution in [0.3, 0.4) is 0 Å². The fraction of sp³-hybridized carbons (Fsp3) is 0. The molecule has 69 heavy (non-hydrogen) atoms. The lowest BCUT2D eigenvalue weighted by molar-refractivity contribution is 0.669. The van der Waals surface area contributed by atoms with Crippen LogP contribution in [0, 0.1) is 0 Å². The van der Waals surface area contributed by atoms with Crippen LogP contribution in [0.1, 0.15) is 0 Å². The van der Waals surface area contributed by atoms with Gasteiger partial charge in [-0.05, 0) is 159 Å². The zero-order valence-corrected chi connectivity index (χ0v) is 37.7. The molecule has 0 N–H and O–H groups in total. The highest BCUT2D eigenvalue weighted by Crippen LogP contribution is 2.41. The molecule has 0 aliphatic heterocycles. The minimum atomic E-state index is 0.882. The second-order valence-corrected chi connectivity index (χ2v) is 17.7. The lowest BCUT2D eigenvalue weighted by Gasteiger charge is -2.26. The van der Waals surface area contributed by atoms with Gasteiger partial charge in [-0.25, -0.2) is 0 Å². The van der Waals surface area contributed by atoms with E-state index in [9.17, 15) is 0 Å².